The van der Waals surface area contributed by atoms with Gasteiger partial charge in [-0.15, -0.1) is 22.0 Å². The molecule has 2 aromatic carbocycles. The van der Waals surface area contributed by atoms with Gasteiger partial charge in [-0.25, -0.2) is 0 Å². The first-order chi connectivity index (χ1) is 12.6. The Kier molecular flexibility index (Phi) is 5.68. The number of hydrogen-bond donors (Lipinski definition) is 0. The van der Waals surface area contributed by atoms with E-state index in [0.29, 0.717) is 12.4 Å². The summed E-state index contributed by atoms with van der Waals surface area (Å²) in [5.74, 6) is 0.471. The van der Waals surface area contributed by atoms with E-state index in [9.17, 15) is 4.79 Å². The molecule has 0 aliphatic heterocycles. The van der Waals surface area contributed by atoms with Gasteiger partial charge in [0, 0.05) is 24.1 Å². The summed E-state index contributed by atoms with van der Waals surface area (Å²) in [7, 11) is 1.78. The number of likely N-dealkylation sites (N-methyl/N-ethyl adjacent to an activating group) is 1. The molecule has 0 spiro atoms. The van der Waals surface area contributed by atoms with Crippen LogP contribution in [0.4, 0.5) is 0 Å². The largest absolute Gasteiger partial charge is 0.340 e. The van der Waals surface area contributed by atoms with Crippen molar-refractivity contribution in [2.45, 2.75) is 24.9 Å². The summed E-state index contributed by atoms with van der Waals surface area (Å²) in [6.07, 6.45) is 2.04. The average Bonchev–Trinajstić information content (AvgIpc) is 3.11. The van der Waals surface area contributed by atoms with Gasteiger partial charge in [-0.05, 0) is 41.7 Å². The molecule has 26 heavy (non-hydrogen) atoms. The van der Waals surface area contributed by atoms with Crippen LogP contribution in [-0.4, -0.2) is 44.3 Å². The predicted octanol–water partition coefficient (Wildman–Crippen LogP) is 3.03. The van der Waals surface area contributed by atoms with Gasteiger partial charge in [0.25, 0.3) is 0 Å². The third-order valence-electron chi connectivity index (χ3n) is 4.12. The molecule has 6 nitrogen and oxygen atoms in total. The molecule has 1 amide bonds. The zero-order valence-corrected chi connectivity index (χ0v) is 15.9. The predicted molar refractivity (Wildman–Crippen MR) is 103 cm³/mol. The number of thioether (sulfide) groups is 1. The molecule has 0 bridgehead atoms. The minimum atomic E-state index is -0.0623. The fraction of sp³-hybridized carbons (Fsp3) is 0.263. The second kappa shape index (κ2) is 8.14. The fourth-order valence-electron chi connectivity index (χ4n) is 2.58. The lowest BCUT2D eigenvalue weighted by atomic mass is 10.1. The number of aryl methyl sites for hydroxylation is 1. The molecule has 1 aromatic heterocycles. The van der Waals surface area contributed by atoms with Crippen molar-refractivity contribution in [2.24, 2.45) is 0 Å². The van der Waals surface area contributed by atoms with E-state index >= 15 is 0 Å². The number of amides is 1. The van der Waals surface area contributed by atoms with E-state index in [1.54, 1.807) is 23.7 Å². The molecule has 0 atom stereocenters. The Hall–Kier alpha value is -2.67. The second-order valence-corrected chi connectivity index (χ2v) is 6.94. The van der Waals surface area contributed by atoms with E-state index in [0.717, 1.165) is 16.7 Å². The SMILES string of the molecule is CSc1ccc(CN(C)C(=O)Cn2nnc(-c3ccccc3C)n2)cc1. The molecule has 0 radical (unpaired) electrons. The van der Waals surface area contributed by atoms with E-state index < -0.39 is 0 Å². The third kappa shape index (κ3) is 4.29. The van der Waals surface area contributed by atoms with Crippen LogP contribution in [-0.2, 0) is 17.9 Å². The minimum Gasteiger partial charge on any atom is -0.340 e. The van der Waals surface area contributed by atoms with E-state index in [-0.39, 0.29) is 12.5 Å². The molecule has 0 saturated carbocycles. The van der Waals surface area contributed by atoms with Gasteiger partial charge in [0.15, 0.2) is 0 Å². The van der Waals surface area contributed by atoms with Gasteiger partial charge in [-0.3, -0.25) is 4.79 Å². The van der Waals surface area contributed by atoms with Crippen LogP contribution in [0, 0.1) is 6.92 Å². The first kappa shape index (κ1) is 18.1. The van der Waals surface area contributed by atoms with Crippen molar-refractivity contribution in [3.8, 4) is 11.4 Å². The quantitative estimate of drug-likeness (QED) is 0.627. The molecular weight excluding hydrogens is 346 g/mol. The maximum absolute atomic E-state index is 12.4. The molecular formula is C19H21N5OS. The van der Waals surface area contributed by atoms with Crippen LogP contribution >= 0.6 is 11.8 Å². The number of nitrogens with zero attached hydrogens (tertiary/aromatic N) is 5. The van der Waals surface area contributed by atoms with Crippen LogP contribution in [0.1, 0.15) is 11.1 Å². The van der Waals surface area contributed by atoms with Gasteiger partial charge in [-0.1, -0.05) is 36.4 Å². The average molecular weight is 367 g/mol. The zero-order valence-electron chi connectivity index (χ0n) is 15.1. The summed E-state index contributed by atoms with van der Waals surface area (Å²) in [4.78, 5) is 16.7. The number of tetrazole rings is 1. The molecule has 1 heterocycles. The second-order valence-electron chi connectivity index (χ2n) is 6.06. The van der Waals surface area contributed by atoms with E-state index in [1.165, 1.54) is 9.69 Å². The van der Waals surface area contributed by atoms with Crippen LogP contribution in [0.25, 0.3) is 11.4 Å². The monoisotopic (exact) mass is 367 g/mol. The standard InChI is InChI=1S/C19H21N5OS/c1-14-6-4-5-7-17(14)19-20-22-24(21-19)13-18(25)23(2)12-15-8-10-16(26-3)11-9-15/h4-11H,12-13H2,1-3H3. The van der Waals surface area contributed by atoms with Crippen molar-refractivity contribution < 1.29 is 4.79 Å². The lowest BCUT2D eigenvalue weighted by molar-refractivity contribution is -0.131. The maximum Gasteiger partial charge on any atom is 0.246 e. The normalized spacial score (nSPS) is 10.7. The number of rotatable bonds is 6. The van der Waals surface area contributed by atoms with Crippen molar-refractivity contribution in [1.82, 2.24) is 25.1 Å². The van der Waals surface area contributed by atoms with Gasteiger partial charge in [-0.2, -0.15) is 4.80 Å². The highest BCUT2D eigenvalue weighted by molar-refractivity contribution is 7.98. The summed E-state index contributed by atoms with van der Waals surface area (Å²) in [5, 5.41) is 12.4. The van der Waals surface area contributed by atoms with E-state index in [1.807, 2.05) is 49.6 Å². The molecule has 0 saturated heterocycles. The molecule has 7 heteroatoms. The molecule has 0 N–H and O–H groups in total. The van der Waals surface area contributed by atoms with Crippen LogP contribution in [0.3, 0.4) is 0 Å². The Morgan fingerprint density at radius 2 is 1.88 bits per heavy atom. The lowest BCUT2D eigenvalue weighted by Gasteiger charge is -2.16. The summed E-state index contributed by atoms with van der Waals surface area (Å²) < 4.78 is 0. The number of carbonyl (C=O) groups excluding carboxylic acids is 1. The third-order valence-corrected chi connectivity index (χ3v) is 4.86. The molecule has 0 fully saturated rings. The fourth-order valence-corrected chi connectivity index (χ4v) is 2.98. The van der Waals surface area contributed by atoms with E-state index in [2.05, 4.69) is 27.5 Å². The van der Waals surface area contributed by atoms with Crippen molar-refractivity contribution in [1.29, 1.82) is 0 Å². The van der Waals surface area contributed by atoms with Crippen LogP contribution < -0.4 is 0 Å². The Labute approximate surface area is 157 Å². The summed E-state index contributed by atoms with van der Waals surface area (Å²) in [6, 6.07) is 16.1. The number of benzene rings is 2. The molecule has 0 unspecified atom stereocenters. The number of hydrogen-bond acceptors (Lipinski definition) is 5. The Morgan fingerprint density at radius 1 is 1.15 bits per heavy atom. The molecule has 0 aliphatic carbocycles. The highest BCUT2D eigenvalue weighted by Gasteiger charge is 2.14. The first-order valence-corrected chi connectivity index (χ1v) is 9.50. The Bertz CT molecular complexity index is 891. The van der Waals surface area contributed by atoms with Gasteiger partial charge in [0.05, 0.1) is 0 Å². The van der Waals surface area contributed by atoms with Crippen molar-refractivity contribution >= 4 is 17.7 Å². The van der Waals surface area contributed by atoms with Gasteiger partial charge < -0.3 is 4.90 Å². The van der Waals surface area contributed by atoms with Crippen molar-refractivity contribution in [3.05, 3.63) is 59.7 Å². The summed E-state index contributed by atoms with van der Waals surface area (Å²) in [6.45, 7) is 2.61. The number of aromatic nitrogens is 4. The van der Waals surface area contributed by atoms with Gasteiger partial charge in [0.1, 0.15) is 6.54 Å². The van der Waals surface area contributed by atoms with E-state index in [4.69, 9.17) is 0 Å². The van der Waals surface area contributed by atoms with Crippen LogP contribution in [0.2, 0.25) is 0 Å². The minimum absolute atomic E-state index is 0.0623. The topological polar surface area (TPSA) is 63.9 Å². The first-order valence-electron chi connectivity index (χ1n) is 8.27. The smallest absolute Gasteiger partial charge is 0.246 e. The van der Waals surface area contributed by atoms with Crippen molar-refractivity contribution in [2.75, 3.05) is 13.3 Å². The Morgan fingerprint density at radius 3 is 2.58 bits per heavy atom. The van der Waals surface area contributed by atoms with Crippen LogP contribution in [0.5, 0.6) is 0 Å². The van der Waals surface area contributed by atoms with Crippen LogP contribution in [0.15, 0.2) is 53.4 Å². The maximum atomic E-state index is 12.4. The summed E-state index contributed by atoms with van der Waals surface area (Å²) in [5.41, 5.74) is 3.09. The van der Waals surface area contributed by atoms with Gasteiger partial charge in [0.2, 0.25) is 11.7 Å². The zero-order chi connectivity index (χ0) is 18.5. The highest BCUT2D eigenvalue weighted by Crippen LogP contribution is 2.18. The molecule has 3 rings (SSSR count). The summed E-state index contributed by atoms with van der Waals surface area (Å²) >= 11 is 1.70. The highest BCUT2D eigenvalue weighted by atomic mass is 32.2. The Balaban J connectivity index is 1.63. The van der Waals surface area contributed by atoms with Gasteiger partial charge >= 0.3 is 0 Å². The number of carbonyl (C=O) groups is 1. The molecule has 134 valence electrons. The molecule has 3 aromatic rings. The lowest BCUT2D eigenvalue weighted by Crippen LogP contribution is -2.30. The molecule has 0 aliphatic rings. The van der Waals surface area contributed by atoms with Crippen molar-refractivity contribution in [3.63, 3.8) is 0 Å².